The molecule has 1 fully saturated rings. The van der Waals surface area contributed by atoms with Crippen LogP contribution in [-0.4, -0.2) is 34.9 Å². The second kappa shape index (κ2) is 8.22. The summed E-state index contributed by atoms with van der Waals surface area (Å²) in [4.78, 5) is 18.2. The maximum Gasteiger partial charge on any atom is 0.237 e. The second-order valence-corrected chi connectivity index (χ2v) is 5.55. The minimum atomic E-state index is 0. The molecular formula is C15H24ClN3O. The molecule has 1 N–H and O–H groups in total. The Hall–Kier alpha value is -1.13. The van der Waals surface area contributed by atoms with E-state index in [1.807, 2.05) is 23.2 Å². The fourth-order valence-electron chi connectivity index (χ4n) is 2.05. The third kappa shape index (κ3) is 5.47. The molecule has 1 saturated carbocycles. The molecule has 0 atom stereocenters. The molecule has 1 heterocycles. The van der Waals surface area contributed by atoms with Crippen LogP contribution < -0.4 is 5.32 Å². The van der Waals surface area contributed by atoms with Gasteiger partial charge in [-0.3, -0.25) is 9.78 Å². The highest BCUT2D eigenvalue weighted by atomic mass is 35.5. The zero-order valence-electron chi connectivity index (χ0n) is 12.2. The third-order valence-electron chi connectivity index (χ3n) is 3.43. The summed E-state index contributed by atoms with van der Waals surface area (Å²) in [5, 5.41) is 3.26. The van der Waals surface area contributed by atoms with Gasteiger partial charge in [-0.1, -0.05) is 6.07 Å². The molecule has 2 rings (SSSR count). The molecule has 0 radical (unpaired) electrons. The quantitative estimate of drug-likeness (QED) is 0.839. The van der Waals surface area contributed by atoms with Crippen LogP contribution in [-0.2, 0) is 11.3 Å². The Kier molecular flexibility index (Phi) is 6.96. The second-order valence-electron chi connectivity index (χ2n) is 5.55. The van der Waals surface area contributed by atoms with Crippen molar-refractivity contribution in [3.05, 3.63) is 30.1 Å². The highest BCUT2D eigenvalue weighted by Gasteiger charge is 2.22. The van der Waals surface area contributed by atoms with Crippen LogP contribution in [0.15, 0.2) is 24.5 Å². The minimum Gasteiger partial charge on any atom is -0.335 e. The van der Waals surface area contributed by atoms with Gasteiger partial charge in [0.2, 0.25) is 5.91 Å². The van der Waals surface area contributed by atoms with Crippen molar-refractivity contribution in [1.82, 2.24) is 15.2 Å². The number of amides is 1. The number of nitrogens with one attached hydrogen (secondary N) is 1. The van der Waals surface area contributed by atoms with Crippen molar-refractivity contribution in [3.8, 4) is 0 Å². The summed E-state index contributed by atoms with van der Waals surface area (Å²) in [6.45, 7) is 6.15. The van der Waals surface area contributed by atoms with Crippen molar-refractivity contribution < 1.29 is 4.79 Å². The maximum atomic E-state index is 12.2. The van der Waals surface area contributed by atoms with Crippen molar-refractivity contribution in [3.63, 3.8) is 0 Å². The van der Waals surface area contributed by atoms with Crippen molar-refractivity contribution in [2.75, 3.05) is 13.1 Å². The van der Waals surface area contributed by atoms with E-state index < -0.39 is 0 Å². The first-order chi connectivity index (χ1) is 9.16. The largest absolute Gasteiger partial charge is 0.335 e. The number of hydrogen-bond donors (Lipinski definition) is 1. The Morgan fingerprint density at radius 1 is 1.50 bits per heavy atom. The van der Waals surface area contributed by atoms with Crippen molar-refractivity contribution in [1.29, 1.82) is 0 Å². The Morgan fingerprint density at radius 2 is 2.25 bits per heavy atom. The average Bonchev–Trinajstić information content (AvgIpc) is 3.21. The summed E-state index contributed by atoms with van der Waals surface area (Å²) in [6, 6.07) is 4.12. The Morgan fingerprint density at radius 3 is 2.80 bits per heavy atom. The molecule has 0 unspecified atom stereocenters. The molecule has 1 aromatic heterocycles. The smallest absolute Gasteiger partial charge is 0.237 e. The molecule has 1 aliphatic carbocycles. The number of carbonyl (C=O) groups is 1. The topological polar surface area (TPSA) is 45.2 Å². The predicted octanol–water partition coefficient (Wildman–Crippen LogP) is 2.24. The standard InChI is InChI=1S/C15H23N3O.ClH/c1-12(2)18(11-14-4-3-7-16-9-14)15(19)10-17-8-13-5-6-13;/h3-4,7,9,12-13,17H,5-6,8,10-11H2,1-2H3;1H. The van der Waals surface area contributed by atoms with Crippen LogP contribution >= 0.6 is 12.4 Å². The van der Waals surface area contributed by atoms with Gasteiger partial charge >= 0.3 is 0 Å². The number of halogens is 1. The number of pyridine rings is 1. The fraction of sp³-hybridized carbons (Fsp3) is 0.600. The molecule has 20 heavy (non-hydrogen) atoms. The first-order valence-corrected chi connectivity index (χ1v) is 7.06. The van der Waals surface area contributed by atoms with Crippen molar-refractivity contribution in [2.24, 2.45) is 5.92 Å². The molecule has 0 spiro atoms. The zero-order valence-corrected chi connectivity index (χ0v) is 13.0. The number of aromatic nitrogens is 1. The Balaban J connectivity index is 0.00000200. The van der Waals surface area contributed by atoms with E-state index in [9.17, 15) is 4.79 Å². The average molecular weight is 298 g/mol. The number of rotatable bonds is 7. The molecule has 5 heteroatoms. The fourth-order valence-corrected chi connectivity index (χ4v) is 2.05. The van der Waals surface area contributed by atoms with E-state index in [4.69, 9.17) is 0 Å². The van der Waals surface area contributed by atoms with Gasteiger partial charge in [0, 0.05) is 25.0 Å². The normalized spacial score (nSPS) is 13.9. The predicted molar refractivity (Wildman–Crippen MR) is 82.8 cm³/mol. The summed E-state index contributed by atoms with van der Waals surface area (Å²) >= 11 is 0. The van der Waals surface area contributed by atoms with Crippen LogP contribution in [0.4, 0.5) is 0 Å². The molecule has 1 aliphatic rings. The van der Waals surface area contributed by atoms with E-state index in [1.165, 1.54) is 12.8 Å². The molecule has 0 saturated heterocycles. The van der Waals surface area contributed by atoms with Gasteiger partial charge in [0.1, 0.15) is 0 Å². The maximum absolute atomic E-state index is 12.2. The molecule has 0 aliphatic heterocycles. The number of nitrogens with zero attached hydrogens (tertiary/aromatic N) is 2. The van der Waals surface area contributed by atoms with Gasteiger partial charge in [0.25, 0.3) is 0 Å². The monoisotopic (exact) mass is 297 g/mol. The summed E-state index contributed by atoms with van der Waals surface area (Å²) in [5.41, 5.74) is 1.08. The lowest BCUT2D eigenvalue weighted by atomic mass is 10.2. The Labute approximate surface area is 127 Å². The summed E-state index contributed by atoms with van der Waals surface area (Å²) in [6.07, 6.45) is 6.19. The molecule has 112 valence electrons. The van der Waals surface area contributed by atoms with Crippen LogP contribution in [0.25, 0.3) is 0 Å². The van der Waals surface area contributed by atoms with E-state index in [0.29, 0.717) is 13.1 Å². The summed E-state index contributed by atoms with van der Waals surface area (Å²) in [5.74, 6) is 0.970. The van der Waals surface area contributed by atoms with Crippen molar-refractivity contribution >= 4 is 18.3 Å². The first kappa shape index (κ1) is 16.9. The number of carbonyl (C=O) groups excluding carboxylic acids is 1. The van der Waals surface area contributed by atoms with Crippen LogP contribution in [0.1, 0.15) is 32.3 Å². The summed E-state index contributed by atoms with van der Waals surface area (Å²) in [7, 11) is 0. The van der Waals surface area contributed by atoms with E-state index in [1.54, 1.807) is 6.20 Å². The molecule has 0 bridgehead atoms. The van der Waals surface area contributed by atoms with E-state index >= 15 is 0 Å². The lowest BCUT2D eigenvalue weighted by Crippen LogP contribution is -2.42. The van der Waals surface area contributed by atoms with Gasteiger partial charge in [0.15, 0.2) is 0 Å². The summed E-state index contributed by atoms with van der Waals surface area (Å²) < 4.78 is 0. The van der Waals surface area contributed by atoms with Gasteiger partial charge in [-0.15, -0.1) is 12.4 Å². The van der Waals surface area contributed by atoms with Crippen LogP contribution in [0, 0.1) is 5.92 Å². The lowest BCUT2D eigenvalue weighted by molar-refractivity contribution is -0.132. The Bertz CT molecular complexity index is 407. The van der Waals surface area contributed by atoms with Gasteiger partial charge in [-0.25, -0.2) is 0 Å². The van der Waals surface area contributed by atoms with Gasteiger partial charge in [-0.2, -0.15) is 0 Å². The molecule has 0 aromatic carbocycles. The zero-order chi connectivity index (χ0) is 13.7. The van der Waals surface area contributed by atoms with Crippen molar-refractivity contribution in [2.45, 2.75) is 39.3 Å². The van der Waals surface area contributed by atoms with E-state index in [2.05, 4.69) is 24.1 Å². The highest BCUT2D eigenvalue weighted by Crippen LogP contribution is 2.27. The number of hydrogen-bond acceptors (Lipinski definition) is 3. The van der Waals surface area contributed by atoms with Crippen LogP contribution in [0.3, 0.4) is 0 Å². The van der Waals surface area contributed by atoms with Gasteiger partial charge in [-0.05, 0) is 50.8 Å². The van der Waals surface area contributed by atoms with Gasteiger partial charge < -0.3 is 10.2 Å². The first-order valence-electron chi connectivity index (χ1n) is 7.06. The lowest BCUT2D eigenvalue weighted by Gasteiger charge is -2.27. The van der Waals surface area contributed by atoms with Crippen LogP contribution in [0.2, 0.25) is 0 Å². The van der Waals surface area contributed by atoms with E-state index in [-0.39, 0.29) is 24.4 Å². The van der Waals surface area contributed by atoms with Gasteiger partial charge in [0.05, 0.1) is 6.54 Å². The molecule has 1 amide bonds. The minimum absolute atomic E-state index is 0. The third-order valence-corrected chi connectivity index (χ3v) is 3.43. The molecule has 4 nitrogen and oxygen atoms in total. The SMILES string of the molecule is CC(C)N(Cc1cccnc1)C(=O)CNCC1CC1.Cl. The molecular weight excluding hydrogens is 274 g/mol. The molecule has 1 aromatic rings. The van der Waals surface area contributed by atoms with Crippen LogP contribution in [0.5, 0.6) is 0 Å². The van der Waals surface area contributed by atoms with E-state index in [0.717, 1.165) is 18.0 Å². The highest BCUT2D eigenvalue weighted by molar-refractivity contribution is 5.85.